The van der Waals surface area contributed by atoms with Gasteiger partial charge in [-0.15, -0.1) is 12.4 Å². The topological polar surface area (TPSA) is 32.3 Å². The first-order valence-electron chi connectivity index (χ1n) is 7.94. The van der Waals surface area contributed by atoms with Crippen LogP contribution >= 0.6 is 12.4 Å². The van der Waals surface area contributed by atoms with Gasteiger partial charge in [-0.1, -0.05) is 35.9 Å². The van der Waals surface area contributed by atoms with Crippen molar-refractivity contribution in [1.29, 1.82) is 0 Å². The molecule has 1 fully saturated rings. The highest BCUT2D eigenvalue weighted by molar-refractivity contribution is 5.95. The van der Waals surface area contributed by atoms with Gasteiger partial charge in [0.1, 0.15) is 5.82 Å². The van der Waals surface area contributed by atoms with Crippen molar-refractivity contribution in [1.82, 2.24) is 10.2 Å². The van der Waals surface area contributed by atoms with Gasteiger partial charge in [0.05, 0.1) is 5.56 Å². The Labute approximate surface area is 148 Å². The van der Waals surface area contributed by atoms with Gasteiger partial charge < -0.3 is 10.2 Å². The van der Waals surface area contributed by atoms with Gasteiger partial charge in [0.25, 0.3) is 5.91 Å². The second-order valence-electron chi connectivity index (χ2n) is 6.11. The minimum atomic E-state index is -0.459. The minimum Gasteiger partial charge on any atom is -0.333 e. The average molecular weight is 349 g/mol. The van der Waals surface area contributed by atoms with Gasteiger partial charge in [-0.05, 0) is 37.1 Å². The van der Waals surface area contributed by atoms with Gasteiger partial charge in [0, 0.05) is 25.7 Å². The monoisotopic (exact) mass is 348 g/mol. The fourth-order valence-corrected chi connectivity index (χ4v) is 2.91. The SMILES string of the molecule is Cc1ccc(-c2ccc(C(=O)N3CCNCC3C)c(F)c2)cc1.Cl. The lowest BCUT2D eigenvalue weighted by molar-refractivity contribution is 0.0651. The molecule has 5 heteroatoms. The number of benzene rings is 2. The van der Waals surface area contributed by atoms with Gasteiger partial charge in [-0.25, -0.2) is 4.39 Å². The zero-order valence-corrected chi connectivity index (χ0v) is 14.7. The summed E-state index contributed by atoms with van der Waals surface area (Å²) >= 11 is 0. The highest BCUT2D eigenvalue weighted by atomic mass is 35.5. The number of carbonyl (C=O) groups is 1. The number of nitrogens with zero attached hydrogens (tertiary/aromatic N) is 1. The third-order valence-electron chi connectivity index (χ3n) is 4.35. The van der Waals surface area contributed by atoms with E-state index in [0.29, 0.717) is 6.54 Å². The van der Waals surface area contributed by atoms with Crippen LogP contribution in [0.25, 0.3) is 11.1 Å². The molecule has 0 saturated carbocycles. The summed E-state index contributed by atoms with van der Waals surface area (Å²) in [6, 6.07) is 12.9. The summed E-state index contributed by atoms with van der Waals surface area (Å²) < 4.78 is 14.5. The molecule has 0 bridgehead atoms. The largest absolute Gasteiger partial charge is 0.333 e. The van der Waals surface area contributed by atoms with E-state index >= 15 is 0 Å². The Morgan fingerprint density at radius 3 is 2.46 bits per heavy atom. The highest BCUT2D eigenvalue weighted by Crippen LogP contribution is 2.23. The molecule has 3 nitrogen and oxygen atoms in total. The quantitative estimate of drug-likeness (QED) is 0.898. The second-order valence-corrected chi connectivity index (χ2v) is 6.11. The van der Waals surface area contributed by atoms with Crippen LogP contribution in [0, 0.1) is 12.7 Å². The van der Waals surface area contributed by atoms with E-state index in [0.717, 1.165) is 29.8 Å². The van der Waals surface area contributed by atoms with E-state index in [9.17, 15) is 9.18 Å². The minimum absolute atomic E-state index is 0. The number of aryl methyl sites for hydroxylation is 1. The Hall–Kier alpha value is -1.91. The highest BCUT2D eigenvalue weighted by Gasteiger charge is 2.26. The lowest BCUT2D eigenvalue weighted by Gasteiger charge is -2.34. The van der Waals surface area contributed by atoms with E-state index in [2.05, 4.69) is 5.32 Å². The molecule has 1 aliphatic rings. The van der Waals surface area contributed by atoms with Crippen molar-refractivity contribution in [3.05, 3.63) is 59.4 Å². The molecule has 0 aliphatic carbocycles. The van der Waals surface area contributed by atoms with E-state index in [1.165, 1.54) is 6.07 Å². The van der Waals surface area contributed by atoms with Crippen LogP contribution in [0.15, 0.2) is 42.5 Å². The van der Waals surface area contributed by atoms with E-state index in [1.807, 2.05) is 44.2 Å². The Bertz CT molecular complexity index is 718. The van der Waals surface area contributed by atoms with E-state index in [-0.39, 0.29) is 29.9 Å². The third-order valence-corrected chi connectivity index (χ3v) is 4.35. The molecule has 1 unspecified atom stereocenters. The number of nitrogens with one attached hydrogen (secondary N) is 1. The van der Waals surface area contributed by atoms with Crippen LogP contribution in [0.5, 0.6) is 0 Å². The van der Waals surface area contributed by atoms with Crippen LogP contribution < -0.4 is 5.32 Å². The Kier molecular flexibility index (Phi) is 5.97. The van der Waals surface area contributed by atoms with E-state index < -0.39 is 5.82 Å². The molecular weight excluding hydrogens is 327 g/mol. The first kappa shape index (κ1) is 18.4. The van der Waals surface area contributed by atoms with Crippen LogP contribution in [0.1, 0.15) is 22.8 Å². The number of hydrogen-bond acceptors (Lipinski definition) is 2. The number of piperazine rings is 1. The molecule has 0 spiro atoms. The maximum absolute atomic E-state index is 14.5. The Morgan fingerprint density at radius 2 is 1.83 bits per heavy atom. The first-order valence-corrected chi connectivity index (χ1v) is 7.94. The average Bonchev–Trinajstić information content (AvgIpc) is 2.55. The summed E-state index contributed by atoms with van der Waals surface area (Å²) in [4.78, 5) is 14.3. The van der Waals surface area contributed by atoms with Crippen molar-refractivity contribution in [2.75, 3.05) is 19.6 Å². The van der Waals surface area contributed by atoms with Crippen LogP contribution in [-0.4, -0.2) is 36.5 Å². The predicted octanol–water partition coefficient (Wildman–Crippen LogP) is 3.66. The van der Waals surface area contributed by atoms with Crippen molar-refractivity contribution in [2.45, 2.75) is 19.9 Å². The predicted molar refractivity (Wildman–Crippen MR) is 97.2 cm³/mol. The summed E-state index contributed by atoms with van der Waals surface area (Å²) in [6.07, 6.45) is 0. The number of hydrogen-bond donors (Lipinski definition) is 1. The van der Waals surface area contributed by atoms with Crippen molar-refractivity contribution in [2.24, 2.45) is 0 Å². The lowest BCUT2D eigenvalue weighted by Crippen LogP contribution is -2.52. The fraction of sp³-hybridized carbons (Fsp3) is 0.316. The number of amides is 1. The van der Waals surface area contributed by atoms with Crippen LogP contribution in [0.2, 0.25) is 0 Å². The molecule has 1 heterocycles. The molecule has 24 heavy (non-hydrogen) atoms. The summed E-state index contributed by atoms with van der Waals surface area (Å²) in [5.74, 6) is -0.689. The first-order chi connectivity index (χ1) is 11.1. The zero-order chi connectivity index (χ0) is 16.4. The molecule has 128 valence electrons. The normalized spacial score (nSPS) is 17.3. The molecule has 1 N–H and O–H groups in total. The number of rotatable bonds is 2. The molecule has 0 aromatic heterocycles. The second kappa shape index (κ2) is 7.77. The van der Waals surface area contributed by atoms with E-state index in [1.54, 1.807) is 11.0 Å². The molecule has 1 amide bonds. The summed E-state index contributed by atoms with van der Waals surface area (Å²) in [5, 5.41) is 3.23. The fourth-order valence-electron chi connectivity index (χ4n) is 2.91. The summed E-state index contributed by atoms with van der Waals surface area (Å²) in [6.45, 7) is 6.09. The van der Waals surface area contributed by atoms with E-state index in [4.69, 9.17) is 0 Å². The molecule has 2 aromatic carbocycles. The van der Waals surface area contributed by atoms with Gasteiger partial charge in [0.2, 0.25) is 0 Å². The van der Waals surface area contributed by atoms with Crippen LogP contribution in [0.3, 0.4) is 0 Å². The molecule has 1 saturated heterocycles. The van der Waals surface area contributed by atoms with Gasteiger partial charge >= 0.3 is 0 Å². The van der Waals surface area contributed by atoms with Crippen molar-refractivity contribution < 1.29 is 9.18 Å². The molecule has 0 radical (unpaired) electrons. The van der Waals surface area contributed by atoms with Crippen LogP contribution in [-0.2, 0) is 0 Å². The summed E-state index contributed by atoms with van der Waals surface area (Å²) in [7, 11) is 0. The lowest BCUT2D eigenvalue weighted by atomic mass is 10.0. The van der Waals surface area contributed by atoms with Gasteiger partial charge in [0.15, 0.2) is 0 Å². The van der Waals surface area contributed by atoms with Gasteiger partial charge in [-0.2, -0.15) is 0 Å². The number of halogens is 2. The van der Waals surface area contributed by atoms with Gasteiger partial charge in [-0.3, -0.25) is 4.79 Å². The van der Waals surface area contributed by atoms with Crippen molar-refractivity contribution in [3.8, 4) is 11.1 Å². The standard InChI is InChI=1S/C19H21FN2O.ClH/c1-13-3-5-15(6-4-13)16-7-8-17(18(20)11-16)19(23)22-10-9-21-12-14(22)2;/h3-8,11,14,21H,9-10,12H2,1-2H3;1H. The maximum atomic E-state index is 14.5. The molecule has 3 rings (SSSR count). The van der Waals surface area contributed by atoms with Crippen molar-refractivity contribution >= 4 is 18.3 Å². The molecule has 2 aromatic rings. The molecular formula is C19H22ClFN2O. The zero-order valence-electron chi connectivity index (χ0n) is 13.9. The smallest absolute Gasteiger partial charge is 0.257 e. The molecule has 1 aliphatic heterocycles. The van der Waals surface area contributed by atoms with Crippen LogP contribution in [0.4, 0.5) is 4.39 Å². The summed E-state index contributed by atoms with van der Waals surface area (Å²) in [5.41, 5.74) is 3.04. The maximum Gasteiger partial charge on any atom is 0.257 e. The van der Waals surface area contributed by atoms with Crippen molar-refractivity contribution in [3.63, 3.8) is 0 Å². The third kappa shape index (κ3) is 3.77. The number of carbonyl (C=O) groups excluding carboxylic acids is 1. The Morgan fingerprint density at radius 1 is 1.17 bits per heavy atom. The molecule has 1 atom stereocenters. The Balaban J connectivity index is 0.00000208.